The van der Waals surface area contributed by atoms with Crippen LogP contribution in [0.2, 0.25) is 0 Å². The molecule has 124 valence electrons. The Morgan fingerprint density at radius 3 is 2.57 bits per heavy atom. The normalized spacial score (nSPS) is 24.1. The Hall–Kier alpha value is -0.810. The summed E-state index contributed by atoms with van der Waals surface area (Å²) in [6, 6.07) is 1.12. The molecular formula is C16H35N5. The topological polar surface area (TPSA) is 42.9 Å². The molecule has 0 aliphatic carbocycles. The molecule has 1 aliphatic heterocycles. The van der Waals surface area contributed by atoms with Crippen LogP contribution in [0.4, 0.5) is 0 Å². The lowest BCUT2D eigenvalue weighted by Gasteiger charge is -2.22. The van der Waals surface area contributed by atoms with Crippen LogP contribution < -0.4 is 10.6 Å². The van der Waals surface area contributed by atoms with Gasteiger partial charge in [-0.3, -0.25) is 9.89 Å². The highest BCUT2D eigenvalue weighted by molar-refractivity contribution is 5.80. The van der Waals surface area contributed by atoms with Gasteiger partial charge in [-0.05, 0) is 53.8 Å². The zero-order valence-corrected chi connectivity index (χ0v) is 14.8. The number of nitrogens with zero attached hydrogens (tertiary/aromatic N) is 3. The second kappa shape index (κ2) is 9.26. The van der Waals surface area contributed by atoms with Crippen molar-refractivity contribution in [3.8, 4) is 0 Å². The van der Waals surface area contributed by atoms with Gasteiger partial charge in [-0.25, -0.2) is 0 Å². The van der Waals surface area contributed by atoms with E-state index in [4.69, 9.17) is 4.99 Å². The van der Waals surface area contributed by atoms with Crippen LogP contribution in [0.1, 0.15) is 34.1 Å². The lowest BCUT2D eigenvalue weighted by Crippen LogP contribution is -2.46. The number of nitrogens with one attached hydrogen (secondary N) is 2. The van der Waals surface area contributed by atoms with Crippen molar-refractivity contribution >= 4 is 5.96 Å². The predicted molar refractivity (Wildman–Crippen MR) is 91.9 cm³/mol. The Morgan fingerprint density at radius 2 is 2.05 bits per heavy atom. The smallest absolute Gasteiger partial charge is 0.191 e. The average Bonchev–Trinajstić information content (AvgIpc) is 2.76. The Kier molecular flexibility index (Phi) is 8.04. The van der Waals surface area contributed by atoms with E-state index in [1.807, 2.05) is 0 Å². The fourth-order valence-electron chi connectivity index (χ4n) is 2.69. The summed E-state index contributed by atoms with van der Waals surface area (Å²) in [5.41, 5.74) is 0. The molecule has 5 heteroatoms. The van der Waals surface area contributed by atoms with E-state index in [-0.39, 0.29) is 0 Å². The van der Waals surface area contributed by atoms with E-state index in [0.717, 1.165) is 38.6 Å². The zero-order valence-electron chi connectivity index (χ0n) is 14.8. The number of hydrogen-bond donors (Lipinski definition) is 2. The molecule has 0 radical (unpaired) electrons. The lowest BCUT2D eigenvalue weighted by atomic mass is 10.1. The summed E-state index contributed by atoms with van der Waals surface area (Å²) in [6.45, 7) is 14.2. The van der Waals surface area contributed by atoms with E-state index in [2.05, 4.69) is 62.2 Å². The lowest BCUT2D eigenvalue weighted by molar-refractivity contribution is 0.265. The van der Waals surface area contributed by atoms with Crippen molar-refractivity contribution in [2.24, 2.45) is 10.9 Å². The van der Waals surface area contributed by atoms with Crippen LogP contribution in [-0.4, -0.2) is 74.7 Å². The van der Waals surface area contributed by atoms with Crippen molar-refractivity contribution < 1.29 is 0 Å². The van der Waals surface area contributed by atoms with Gasteiger partial charge >= 0.3 is 0 Å². The molecule has 21 heavy (non-hydrogen) atoms. The van der Waals surface area contributed by atoms with Crippen LogP contribution in [0, 0.1) is 5.92 Å². The van der Waals surface area contributed by atoms with Crippen molar-refractivity contribution in [1.29, 1.82) is 0 Å². The predicted octanol–water partition coefficient (Wildman–Crippen LogP) is 1.22. The number of aliphatic imine (C=N–C) groups is 1. The maximum Gasteiger partial charge on any atom is 0.191 e. The molecular weight excluding hydrogens is 262 g/mol. The molecule has 0 spiro atoms. The first-order chi connectivity index (χ1) is 9.93. The fourth-order valence-corrected chi connectivity index (χ4v) is 2.69. The highest BCUT2D eigenvalue weighted by Gasteiger charge is 2.31. The molecule has 0 saturated carbocycles. The molecule has 0 aromatic carbocycles. The molecule has 0 aromatic heterocycles. The molecule has 2 N–H and O–H groups in total. The van der Waals surface area contributed by atoms with Gasteiger partial charge in [0.2, 0.25) is 0 Å². The molecule has 1 saturated heterocycles. The van der Waals surface area contributed by atoms with Crippen molar-refractivity contribution in [3.05, 3.63) is 0 Å². The Balaban J connectivity index is 2.47. The molecule has 1 heterocycles. The molecule has 1 aliphatic rings. The highest BCUT2D eigenvalue weighted by Crippen LogP contribution is 2.18. The summed E-state index contributed by atoms with van der Waals surface area (Å²) in [5.74, 6) is 1.64. The van der Waals surface area contributed by atoms with Gasteiger partial charge in [0.1, 0.15) is 0 Å². The first-order valence-electron chi connectivity index (χ1n) is 8.37. The maximum absolute atomic E-state index is 4.70. The third-order valence-electron chi connectivity index (χ3n) is 4.07. The van der Waals surface area contributed by atoms with Crippen molar-refractivity contribution in [1.82, 2.24) is 20.4 Å². The van der Waals surface area contributed by atoms with Crippen LogP contribution in [0.3, 0.4) is 0 Å². The number of likely N-dealkylation sites (tertiary alicyclic amines) is 1. The molecule has 1 rings (SSSR count). The van der Waals surface area contributed by atoms with Crippen LogP contribution in [0.5, 0.6) is 0 Å². The Labute approximate surface area is 131 Å². The van der Waals surface area contributed by atoms with E-state index >= 15 is 0 Å². The second-order valence-electron chi connectivity index (χ2n) is 6.69. The summed E-state index contributed by atoms with van der Waals surface area (Å²) in [4.78, 5) is 9.45. The summed E-state index contributed by atoms with van der Waals surface area (Å²) in [6.07, 6.45) is 1.10. The molecule has 0 aromatic rings. The van der Waals surface area contributed by atoms with E-state index in [0.29, 0.717) is 18.0 Å². The number of rotatable bonds is 7. The molecule has 1 fully saturated rings. The van der Waals surface area contributed by atoms with Crippen LogP contribution in [0.25, 0.3) is 0 Å². The largest absolute Gasteiger partial charge is 0.357 e. The van der Waals surface area contributed by atoms with Gasteiger partial charge in [-0.15, -0.1) is 0 Å². The highest BCUT2D eigenvalue weighted by atomic mass is 15.3. The van der Waals surface area contributed by atoms with Gasteiger partial charge in [0.25, 0.3) is 0 Å². The Bertz CT molecular complexity index is 314. The second-order valence-corrected chi connectivity index (χ2v) is 6.69. The SMILES string of the molecule is CCNC(=NCCCN(C)C)NC1CN(C(C)C)CC1C. The van der Waals surface area contributed by atoms with Gasteiger partial charge in [0.05, 0.1) is 0 Å². The van der Waals surface area contributed by atoms with Crippen LogP contribution in [0.15, 0.2) is 4.99 Å². The minimum atomic E-state index is 0.499. The Morgan fingerprint density at radius 1 is 1.33 bits per heavy atom. The van der Waals surface area contributed by atoms with Crippen LogP contribution in [-0.2, 0) is 0 Å². The van der Waals surface area contributed by atoms with Gasteiger partial charge in [0, 0.05) is 38.3 Å². The monoisotopic (exact) mass is 297 g/mol. The number of guanidine groups is 1. The van der Waals surface area contributed by atoms with Crippen molar-refractivity contribution in [2.75, 3.05) is 46.8 Å². The molecule has 2 unspecified atom stereocenters. The fraction of sp³-hybridized carbons (Fsp3) is 0.938. The minimum absolute atomic E-state index is 0.499. The minimum Gasteiger partial charge on any atom is -0.357 e. The van der Waals surface area contributed by atoms with E-state index in [1.165, 1.54) is 6.54 Å². The summed E-state index contributed by atoms with van der Waals surface area (Å²) >= 11 is 0. The van der Waals surface area contributed by atoms with E-state index in [9.17, 15) is 0 Å². The summed E-state index contributed by atoms with van der Waals surface area (Å²) in [5, 5.41) is 6.99. The standard InChI is InChI=1S/C16H35N5/c1-7-17-16(18-9-8-10-20(5)6)19-15-12-21(13(2)3)11-14(15)4/h13-15H,7-12H2,1-6H3,(H2,17,18,19). The van der Waals surface area contributed by atoms with Crippen molar-refractivity contribution in [2.45, 2.75) is 46.2 Å². The molecule has 0 amide bonds. The van der Waals surface area contributed by atoms with E-state index < -0.39 is 0 Å². The first kappa shape index (κ1) is 18.2. The third kappa shape index (κ3) is 6.66. The number of hydrogen-bond acceptors (Lipinski definition) is 3. The first-order valence-corrected chi connectivity index (χ1v) is 8.37. The van der Waals surface area contributed by atoms with E-state index in [1.54, 1.807) is 0 Å². The summed E-state index contributed by atoms with van der Waals surface area (Å²) < 4.78 is 0. The maximum atomic E-state index is 4.70. The van der Waals surface area contributed by atoms with Gasteiger partial charge in [-0.1, -0.05) is 6.92 Å². The molecule has 0 bridgehead atoms. The quantitative estimate of drug-likeness (QED) is 0.421. The van der Waals surface area contributed by atoms with Crippen molar-refractivity contribution in [3.63, 3.8) is 0 Å². The van der Waals surface area contributed by atoms with Gasteiger partial charge in [0.15, 0.2) is 5.96 Å². The molecule has 5 nitrogen and oxygen atoms in total. The third-order valence-corrected chi connectivity index (χ3v) is 4.07. The van der Waals surface area contributed by atoms with Gasteiger partial charge in [-0.2, -0.15) is 0 Å². The molecule has 2 atom stereocenters. The average molecular weight is 297 g/mol. The summed E-state index contributed by atoms with van der Waals surface area (Å²) in [7, 11) is 4.21. The van der Waals surface area contributed by atoms with Gasteiger partial charge < -0.3 is 15.5 Å². The van der Waals surface area contributed by atoms with Crippen LogP contribution >= 0.6 is 0 Å². The zero-order chi connectivity index (χ0) is 15.8.